The fourth-order valence-corrected chi connectivity index (χ4v) is 1.38. The highest BCUT2D eigenvalue weighted by molar-refractivity contribution is 7.80. The number of rotatable bonds is 5. The van der Waals surface area contributed by atoms with Crippen LogP contribution in [0.2, 0.25) is 0 Å². The van der Waals surface area contributed by atoms with Crippen molar-refractivity contribution in [2.75, 3.05) is 18.8 Å². The molecule has 3 heteroatoms. The lowest BCUT2D eigenvalue weighted by molar-refractivity contribution is 0.470. The summed E-state index contributed by atoms with van der Waals surface area (Å²) in [4.78, 5) is 6.54. The molecule has 0 atom stereocenters. The molecule has 0 rings (SSSR count). The van der Waals surface area contributed by atoms with Gasteiger partial charge >= 0.3 is 0 Å². The van der Waals surface area contributed by atoms with Gasteiger partial charge in [0.2, 0.25) is 0 Å². The molecule has 0 spiro atoms. The molecule has 0 aliphatic heterocycles. The van der Waals surface area contributed by atoms with Crippen molar-refractivity contribution in [3.05, 3.63) is 24.4 Å². The van der Waals surface area contributed by atoms with Gasteiger partial charge in [0, 0.05) is 25.0 Å². The molecule has 80 valence electrons. The minimum absolute atomic E-state index is 0.829. The van der Waals surface area contributed by atoms with Crippen LogP contribution in [0, 0.1) is 0 Å². The first-order valence-electron chi connectivity index (χ1n) is 4.88. The fourth-order valence-electron chi connectivity index (χ4n) is 1.14. The quantitative estimate of drug-likeness (QED) is 0.421. The van der Waals surface area contributed by atoms with Gasteiger partial charge in [-0.25, -0.2) is 4.99 Å². The van der Waals surface area contributed by atoms with Gasteiger partial charge in [-0.05, 0) is 26.3 Å². The summed E-state index contributed by atoms with van der Waals surface area (Å²) in [7, 11) is 0. The molecule has 0 aliphatic rings. The van der Waals surface area contributed by atoms with Gasteiger partial charge in [0.05, 0.1) is 0 Å². The van der Waals surface area contributed by atoms with E-state index in [1.54, 1.807) is 6.20 Å². The highest BCUT2D eigenvalue weighted by Crippen LogP contribution is 2.02. The zero-order chi connectivity index (χ0) is 11.0. The van der Waals surface area contributed by atoms with E-state index in [1.165, 1.54) is 0 Å². The molecule has 0 heterocycles. The lowest BCUT2D eigenvalue weighted by atomic mass is 10.3. The van der Waals surface area contributed by atoms with E-state index < -0.39 is 0 Å². The normalized spacial score (nSPS) is 12.1. The molecular weight excluding hydrogens is 192 g/mol. The van der Waals surface area contributed by atoms with Crippen molar-refractivity contribution in [3.8, 4) is 0 Å². The minimum Gasteiger partial charge on any atom is -0.356 e. The minimum atomic E-state index is 0.829. The van der Waals surface area contributed by atoms with Crippen molar-refractivity contribution in [2.45, 2.75) is 20.8 Å². The Morgan fingerprint density at radius 3 is 2.57 bits per heavy atom. The number of thiol groups is 1. The van der Waals surface area contributed by atoms with E-state index in [2.05, 4.69) is 36.0 Å². The number of hydrogen-bond donors (Lipinski definition) is 1. The van der Waals surface area contributed by atoms with Crippen LogP contribution in [0.15, 0.2) is 29.4 Å². The Labute approximate surface area is 92.8 Å². The predicted octanol–water partition coefficient (Wildman–Crippen LogP) is 2.75. The molecule has 0 amide bonds. The van der Waals surface area contributed by atoms with Crippen LogP contribution < -0.4 is 0 Å². The van der Waals surface area contributed by atoms with Crippen LogP contribution in [0.25, 0.3) is 0 Å². The second-order valence-corrected chi connectivity index (χ2v) is 3.47. The van der Waals surface area contributed by atoms with Crippen LogP contribution >= 0.6 is 12.6 Å². The second-order valence-electron chi connectivity index (χ2n) is 3.02. The van der Waals surface area contributed by atoms with Crippen molar-refractivity contribution in [3.63, 3.8) is 0 Å². The third kappa shape index (κ3) is 4.51. The molecule has 2 nitrogen and oxygen atoms in total. The lowest BCUT2D eigenvalue weighted by Gasteiger charge is -2.23. The summed E-state index contributed by atoms with van der Waals surface area (Å²) >= 11 is 4.22. The number of allylic oxidation sites excluding steroid dienone is 1. The number of likely N-dealkylation sites (N-methyl/N-ethyl adjacent to an activating group) is 1. The number of aliphatic imine (C=N–C) groups is 1. The molecule has 0 bridgehead atoms. The smallest absolute Gasteiger partial charge is 0.130 e. The fraction of sp³-hybridized carbons (Fsp3) is 0.545. The Bertz CT molecular complexity index is 231. The van der Waals surface area contributed by atoms with Crippen LogP contribution in [0.5, 0.6) is 0 Å². The Hall–Kier alpha value is -0.700. The van der Waals surface area contributed by atoms with Gasteiger partial charge in [-0.1, -0.05) is 12.7 Å². The SMILES string of the molecule is C=C(C)C(=N/C=C\C)N(CC)CCS. The second kappa shape index (κ2) is 7.68. The van der Waals surface area contributed by atoms with E-state index in [0.717, 1.165) is 30.3 Å². The average Bonchev–Trinajstić information content (AvgIpc) is 2.16. The monoisotopic (exact) mass is 212 g/mol. The van der Waals surface area contributed by atoms with Crippen molar-refractivity contribution >= 4 is 18.5 Å². The van der Waals surface area contributed by atoms with E-state index in [1.807, 2.05) is 19.9 Å². The van der Waals surface area contributed by atoms with Gasteiger partial charge in [-0.15, -0.1) is 0 Å². The average molecular weight is 212 g/mol. The first-order chi connectivity index (χ1) is 6.67. The number of nitrogens with zero attached hydrogens (tertiary/aromatic N) is 2. The topological polar surface area (TPSA) is 15.6 Å². The van der Waals surface area contributed by atoms with Crippen LogP contribution in [-0.4, -0.2) is 29.6 Å². The molecule has 0 aromatic carbocycles. The molecule has 0 saturated carbocycles. The molecule has 0 unspecified atom stereocenters. The zero-order valence-electron chi connectivity index (χ0n) is 9.32. The van der Waals surface area contributed by atoms with E-state index in [0.29, 0.717) is 0 Å². The maximum atomic E-state index is 4.36. The molecule has 0 fully saturated rings. The van der Waals surface area contributed by atoms with E-state index >= 15 is 0 Å². The van der Waals surface area contributed by atoms with Crippen molar-refractivity contribution in [1.29, 1.82) is 0 Å². The number of hydrogen-bond acceptors (Lipinski definition) is 2. The molecule has 0 aromatic rings. The first-order valence-corrected chi connectivity index (χ1v) is 5.51. The summed E-state index contributed by atoms with van der Waals surface area (Å²) in [6.45, 7) is 11.8. The third-order valence-electron chi connectivity index (χ3n) is 1.78. The summed E-state index contributed by atoms with van der Waals surface area (Å²) in [5.74, 6) is 1.79. The van der Waals surface area contributed by atoms with Gasteiger partial charge in [0.25, 0.3) is 0 Å². The van der Waals surface area contributed by atoms with Gasteiger partial charge < -0.3 is 4.90 Å². The van der Waals surface area contributed by atoms with Gasteiger partial charge in [0.1, 0.15) is 5.84 Å². The molecule has 0 saturated heterocycles. The lowest BCUT2D eigenvalue weighted by Crippen LogP contribution is -2.33. The Balaban J connectivity index is 4.68. The highest BCUT2D eigenvalue weighted by Gasteiger charge is 2.07. The van der Waals surface area contributed by atoms with E-state index in [9.17, 15) is 0 Å². The summed E-state index contributed by atoms with van der Waals surface area (Å²) < 4.78 is 0. The maximum Gasteiger partial charge on any atom is 0.130 e. The Kier molecular flexibility index (Phi) is 7.30. The molecule has 14 heavy (non-hydrogen) atoms. The molecule has 0 aliphatic carbocycles. The standard InChI is InChI=1S/C11H20N2S/c1-5-7-12-11(10(3)4)13(6-2)8-9-14/h5,7,14H,3,6,8-9H2,1-2,4H3/b7-5-,12-11?. The van der Waals surface area contributed by atoms with Crippen molar-refractivity contribution in [1.82, 2.24) is 4.90 Å². The van der Waals surface area contributed by atoms with E-state index in [-0.39, 0.29) is 0 Å². The van der Waals surface area contributed by atoms with Crippen LogP contribution in [0.4, 0.5) is 0 Å². The maximum absolute atomic E-state index is 4.36. The zero-order valence-corrected chi connectivity index (χ0v) is 10.2. The third-order valence-corrected chi connectivity index (χ3v) is 1.98. The van der Waals surface area contributed by atoms with E-state index in [4.69, 9.17) is 0 Å². The Morgan fingerprint density at radius 2 is 2.21 bits per heavy atom. The Morgan fingerprint density at radius 1 is 1.57 bits per heavy atom. The van der Waals surface area contributed by atoms with Crippen LogP contribution in [0.3, 0.4) is 0 Å². The van der Waals surface area contributed by atoms with Gasteiger partial charge in [0.15, 0.2) is 0 Å². The summed E-state index contributed by atoms with van der Waals surface area (Å²) in [5, 5.41) is 0. The van der Waals surface area contributed by atoms with Crippen LogP contribution in [0.1, 0.15) is 20.8 Å². The number of amidine groups is 1. The predicted molar refractivity (Wildman–Crippen MR) is 68.2 cm³/mol. The summed E-state index contributed by atoms with van der Waals surface area (Å²) in [5.41, 5.74) is 0.992. The van der Waals surface area contributed by atoms with Crippen molar-refractivity contribution in [2.24, 2.45) is 4.99 Å². The first kappa shape index (κ1) is 13.3. The van der Waals surface area contributed by atoms with Crippen molar-refractivity contribution < 1.29 is 0 Å². The van der Waals surface area contributed by atoms with Gasteiger partial charge in [-0.2, -0.15) is 12.6 Å². The summed E-state index contributed by atoms with van der Waals surface area (Å²) in [6, 6.07) is 0. The largest absolute Gasteiger partial charge is 0.356 e. The molecular formula is C11H20N2S. The molecule has 0 N–H and O–H groups in total. The molecule has 0 radical (unpaired) electrons. The summed E-state index contributed by atoms with van der Waals surface area (Å²) in [6.07, 6.45) is 3.71. The van der Waals surface area contributed by atoms with Crippen LogP contribution in [-0.2, 0) is 0 Å². The molecule has 0 aromatic heterocycles. The van der Waals surface area contributed by atoms with Gasteiger partial charge in [-0.3, -0.25) is 0 Å². The highest BCUT2D eigenvalue weighted by atomic mass is 32.1.